The fraction of sp³-hybridized carbons (Fsp3) is 0.538. The van der Waals surface area contributed by atoms with Gasteiger partial charge in [-0.25, -0.2) is 4.79 Å². The van der Waals surface area contributed by atoms with Crippen molar-refractivity contribution in [2.24, 2.45) is 0 Å². The molecular weight excluding hydrogens is 264 g/mol. The first-order valence-corrected chi connectivity index (χ1v) is 7.17. The van der Waals surface area contributed by atoms with Crippen molar-refractivity contribution in [2.75, 3.05) is 20.6 Å². The fourth-order valence-corrected chi connectivity index (χ4v) is 3.07. The molecule has 1 aliphatic rings. The summed E-state index contributed by atoms with van der Waals surface area (Å²) in [4.78, 5) is 27.2. The molecule has 1 N–H and O–H groups in total. The van der Waals surface area contributed by atoms with Crippen molar-refractivity contribution in [3.63, 3.8) is 0 Å². The maximum absolute atomic E-state index is 12.3. The number of thiophene rings is 1. The van der Waals surface area contributed by atoms with Gasteiger partial charge in [-0.15, -0.1) is 0 Å². The minimum absolute atomic E-state index is 0.175. The van der Waals surface area contributed by atoms with E-state index < -0.39 is 12.0 Å². The Morgan fingerprint density at radius 1 is 1.47 bits per heavy atom. The molecule has 1 amide bonds. The topological polar surface area (TPSA) is 60.9 Å². The summed E-state index contributed by atoms with van der Waals surface area (Å²) in [6, 6.07) is 1.23. The molecule has 1 fully saturated rings. The first-order chi connectivity index (χ1) is 9.00. The molecule has 2 atom stereocenters. The highest BCUT2D eigenvalue weighted by Gasteiger charge is 2.37. The number of carboxylic acid groups (broad SMARTS) is 1. The van der Waals surface area contributed by atoms with Gasteiger partial charge >= 0.3 is 5.97 Å². The monoisotopic (exact) mass is 282 g/mol. The number of hydrogen-bond donors (Lipinski definition) is 1. The largest absolute Gasteiger partial charge is 0.480 e. The van der Waals surface area contributed by atoms with Crippen molar-refractivity contribution in [3.8, 4) is 0 Å². The molecule has 1 aliphatic heterocycles. The Hall–Kier alpha value is -1.40. The van der Waals surface area contributed by atoms with Crippen molar-refractivity contribution >= 4 is 23.2 Å². The molecular formula is C13H18N2O3S. The van der Waals surface area contributed by atoms with E-state index in [1.54, 1.807) is 11.4 Å². The second-order valence-electron chi connectivity index (χ2n) is 5.01. The molecule has 0 bridgehead atoms. The third kappa shape index (κ3) is 2.96. The van der Waals surface area contributed by atoms with Crippen LogP contribution in [-0.4, -0.2) is 59.5 Å². The standard InChI is InChI=1S/C13H18N2O3S/c1-14(2)10-3-5-15(11(7-10)13(17)18)12(16)9-4-6-19-8-9/h4,6,8,10-11H,3,5,7H2,1-2H3,(H,17,18)/t10-,11-/m1/s1. The first kappa shape index (κ1) is 14.0. The number of piperidine rings is 1. The summed E-state index contributed by atoms with van der Waals surface area (Å²) < 4.78 is 0. The summed E-state index contributed by atoms with van der Waals surface area (Å²) >= 11 is 1.44. The molecule has 1 aromatic rings. The van der Waals surface area contributed by atoms with E-state index in [1.807, 2.05) is 24.4 Å². The summed E-state index contributed by atoms with van der Waals surface area (Å²) in [5.74, 6) is -1.10. The number of nitrogens with zero attached hydrogens (tertiary/aromatic N) is 2. The number of hydrogen-bond acceptors (Lipinski definition) is 4. The van der Waals surface area contributed by atoms with E-state index in [0.717, 1.165) is 6.42 Å². The van der Waals surface area contributed by atoms with Gasteiger partial charge in [0.05, 0.1) is 5.56 Å². The van der Waals surface area contributed by atoms with Crippen LogP contribution in [0.1, 0.15) is 23.2 Å². The van der Waals surface area contributed by atoms with Gasteiger partial charge in [0, 0.05) is 18.0 Å². The second kappa shape index (κ2) is 5.71. The van der Waals surface area contributed by atoms with Gasteiger partial charge in [-0.1, -0.05) is 0 Å². The fourth-order valence-electron chi connectivity index (χ4n) is 2.44. The predicted molar refractivity (Wildman–Crippen MR) is 73.5 cm³/mol. The minimum Gasteiger partial charge on any atom is -0.480 e. The molecule has 0 unspecified atom stereocenters. The van der Waals surface area contributed by atoms with E-state index in [9.17, 15) is 14.7 Å². The molecule has 19 heavy (non-hydrogen) atoms. The van der Waals surface area contributed by atoms with E-state index in [4.69, 9.17) is 0 Å². The van der Waals surface area contributed by atoms with E-state index >= 15 is 0 Å². The Morgan fingerprint density at radius 3 is 2.74 bits per heavy atom. The summed E-state index contributed by atoms with van der Waals surface area (Å²) in [5.41, 5.74) is 0.583. The molecule has 104 valence electrons. The quantitative estimate of drug-likeness (QED) is 0.909. The summed E-state index contributed by atoms with van der Waals surface area (Å²) in [7, 11) is 3.89. The van der Waals surface area contributed by atoms with Crippen molar-refractivity contribution in [2.45, 2.75) is 24.9 Å². The molecule has 2 heterocycles. The predicted octanol–water partition coefficient (Wildman–Crippen LogP) is 1.37. The number of amides is 1. The Kier molecular flexibility index (Phi) is 4.21. The maximum atomic E-state index is 12.3. The van der Waals surface area contributed by atoms with Crippen LogP contribution in [0.3, 0.4) is 0 Å². The lowest BCUT2D eigenvalue weighted by molar-refractivity contribution is -0.144. The molecule has 1 saturated heterocycles. The zero-order chi connectivity index (χ0) is 14.0. The van der Waals surface area contributed by atoms with Gasteiger partial charge < -0.3 is 14.9 Å². The summed E-state index contributed by atoms with van der Waals surface area (Å²) in [6.07, 6.45) is 1.30. The molecule has 6 heteroatoms. The number of carbonyl (C=O) groups excluding carboxylic acids is 1. The Morgan fingerprint density at radius 2 is 2.21 bits per heavy atom. The van der Waals surface area contributed by atoms with Crippen molar-refractivity contribution in [3.05, 3.63) is 22.4 Å². The molecule has 0 saturated carbocycles. The lowest BCUT2D eigenvalue weighted by atomic mass is 9.95. The highest BCUT2D eigenvalue weighted by molar-refractivity contribution is 7.08. The third-order valence-corrected chi connectivity index (χ3v) is 4.30. The van der Waals surface area contributed by atoms with Crippen LogP contribution in [0, 0.1) is 0 Å². The van der Waals surface area contributed by atoms with Gasteiger partial charge in [-0.3, -0.25) is 4.79 Å². The molecule has 5 nitrogen and oxygen atoms in total. The van der Waals surface area contributed by atoms with Crippen LogP contribution in [0.25, 0.3) is 0 Å². The minimum atomic E-state index is -0.921. The van der Waals surface area contributed by atoms with Crippen LogP contribution in [0.15, 0.2) is 16.8 Å². The maximum Gasteiger partial charge on any atom is 0.326 e. The summed E-state index contributed by atoms with van der Waals surface area (Å²) in [5, 5.41) is 12.9. The average molecular weight is 282 g/mol. The van der Waals surface area contributed by atoms with Gasteiger partial charge in [-0.05, 0) is 38.4 Å². The van der Waals surface area contributed by atoms with Crippen LogP contribution in [-0.2, 0) is 4.79 Å². The second-order valence-corrected chi connectivity index (χ2v) is 5.79. The highest BCUT2D eigenvalue weighted by atomic mass is 32.1. The smallest absolute Gasteiger partial charge is 0.326 e. The van der Waals surface area contributed by atoms with Crippen molar-refractivity contribution in [1.29, 1.82) is 0 Å². The Labute approximate surface area is 116 Å². The van der Waals surface area contributed by atoms with E-state index in [1.165, 1.54) is 16.2 Å². The number of rotatable bonds is 3. The van der Waals surface area contributed by atoms with Gasteiger partial charge in [0.2, 0.25) is 0 Å². The lowest BCUT2D eigenvalue weighted by Crippen LogP contribution is -2.53. The van der Waals surface area contributed by atoms with Gasteiger partial charge in [-0.2, -0.15) is 11.3 Å². The first-order valence-electron chi connectivity index (χ1n) is 6.23. The number of carbonyl (C=O) groups is 2. The lowest BCUT2D eigenvalue weighted by Gasteiger charge is -2.39. The van der Waals surface area contributed by atoms with Crippen LogP contribution in [0.5, 0.6) is 0 Å². The molecule has 2 rings (SSSR count). The Bertz CT molecular complexity index is 458. The Balaban J connectivity index is 2.16. The molecule has 0 radical (unpaired) electrons. The van der Waals surface area contributed by atoms with Crippen LogP contribution in [0.2, 0.25) is 0 Å². The molecule has 0 aromatic carbocycles. The summed E-state index contributed by atoms with van der Waals surface area (Å²) in [6.45, 7) is 0.495. The molecule has 1 aromatic heterocycles. The average Bonchev–Trinajstić information content (AvgIpc) is 2.90. The molecule has 0 spiro atoms. The normalized spacial score (nSPS) is 23.6. The van der Waals surface area contributed by atoms with Gasteiger partial charge in [0.15, 0.2) is 0 Å². The van der Waals surface area contributed by atoms with E-state index in [-0.39, 0.29) is 11.9 Å². The number of carboxylic acids is 1. The van der Waals surface area contributed by atoms with Crippen LogP contribution >= 0.6 is 11.3 Å². The van der Waals surface area contributed by atoms with E-state index in [2.05, 4.69) is 0 Å². The van der Waals surface area contributed by atoms with Crippen LogP contribution in [0.4, 0.5) is 0 Å². The van der Waals surface area contributed by atoms with Gasteiger partial charge in [0.1, 0.15) is 6.04 Å². The van der Waals surface area contributed by atoms with Crippen LogP contribution < -0.4 is 0 Å². The zero-order valence-electron chi connectivity index (χ0n) is 11.1. The SMILES string of the molecule is CN(C)[C@@H]1CCN(C(=O)c2ccsc2)[C@@H](C(=O)O)C1. The number of aliphatic carboxylic acids is 1. The van der Waals surface area contributed by atoms with Crippen molar-refractivity contribution in [1.82, 2.24) is 9.80 Å². The zero-order valence-corrected chi connectivity index (χ0v) is 11.9. The van der Waals surface area contributed by atoms with Crippen molar-refractivity contribution < 1.29 is 14.7 Å². The third-order valence-electron chi connectivity index (χ3n) is 3.62. The molecule has 0 aliphatic carbocycles. The highest BCUT2D eigenvalue weighted by Crippen LogP contribution is 2.23. The number of likely N-dealkylation sites (tertiary alicyclic amines) is 1. The van der Waals surface area contributed by atoms with Gasteiger partial charge in [0.25, 0.3) is 5.91 Å². The van der Waals surface area contributed by atoms with E-state index in [0.29, 0.717) is 18.5 Å².